The van der Waals surface area contributed by atoms with Gasteiger partial charge in [0, 0.05) is 6.08 Å². The Hall–Kier alpha value is -2.38. The number of anilines is 1. The maximum atomic E-state index is 11.6. The van der Waals surface area contributed by atoms with Crippen molar-refractivity contribution in [3.8, 4) is 0 Å². The highest BCUT2D eigenvalue weighted by atomic mass is 16.2. The van der Waals surface area contributed by atoms with Crippen molar-refractivity contribution >= 4 is 17.5 Å². The summed E-state index contributed by atoms with van der Waals surface area (Å²) in [6, 6.07) is 8.60. The number of hydrogen-bond donors (Lipinski definition) is 0. The van der Waals surface area contributed by atoms with E-state index >= 15 is 0 Å². The van der Waals surface area contributed by atoms with Gasteiger partial charge in [-0.15, -0.1) is 5.73 Å². The zero-order valence-electron chi connectivity index (χ0n) is 8.72. The fourth-order valence-electron chi connectivity index (χ4n) is 1.18. The number of hydrogen-bond acceptors (Lipinski definition) is 2. The van der Waals surface area contributed by atoms with Crippen LogP contribution in [0.3, 0.4) is 0 Å². The summed E-state index contributed by atoms with van der Waals surface area (Å²) < 4.78 is 0. The van der Waals surface area contributed by atoms with E-state index in [1.807, 2.05) is 0 Å². The van der Waals surface area contributed by atoms with Gasteiger partial charge >= 0.3 is 0 Å². The van der Waals surface area contributed by atoms with Crippen LogP contribution >= 0.6 is 0 Å². The van der Waals surface area contributed by atoms with E-state index in [9.17, 15) is 9.59 Å². The summed E-state index contributed by atoms with van der Waals surface area (Å²) in [6.07, 6.45) is 2.19. The van der Waals surface area contributed by atoms with Crippen molar-refractivity contribution in [2.75, 3.05) is 4.90 Å². The number of nitrogens with zero attached hydrogens (tertiary/aromatic N) is 1. The minimum absolute atomic E-state index is 0.484. The first-order chi connectivity index (χ1) is 7.70. The number of carbonyl (C=O) groups excluding carboxylic acids is 2. The smallest absolute Gasteiger partial charge is 0.265 e. The van der Waals surface area contributed by atoms with E-state index in [0.29, 0.717) is 5.69 Å². The Morgan fingerprint density at radius 2 is 1.81 bits per heavy atom. The lowest BCUT2D eigenvalue weighted by Crippen LogP contribution is -2.34. The molecule has 0 aliphatic carbocycles. The van der Waals surface area contributed by atoms with Gasteiger partial charge in [0.1, 0.15) is 0 Å². The molecule has 0 atom stereocenters. The minimum atomic E-state index is -0.494. The van der Waals surface area contributed by atoms with Gasteiger partial charge in [0.25, 0.3) is 11.8 Å². The van der Waals surface area contributed by atoms with Crippen molar-refractivity contribution in [2.24, 2.45) is 0 Å². The number of amides is 2. The number of imide groups is 1. The van der Waals surface area contributed by atoms with Crippen molar-refractivity contribution in [1.82, 2.24) is 0 Å². The highest BCUT2D eigenvalue weighted by molar-refractivity contribution is 6.21. The van der Waals surface area contributed by atoms with Crippen LogP contribution in [0.5, 0.6) is 0 Å². The highest BCUT2D eigenvalue weighted by Gasteiger charge is 2.18. The topological polar surface area (TPSA) is 37.4 Å². The van der Waals surface area contributed by atoms with Gasteiger partial charge in [-0.05, 0) is 18.2 Å². The SMILES string of the molecule is C=C=CC(=O)N(C(=O)C=C)c1ccccc1. The molecule has 1 aromatic carbocycles. The van der Waals surface area contributed by atoms with Crippen LogP contribution in [0.4, 0.5) is 5.69 Å². The Labute approximate surface area is 94.0 Å². The van der Waals surface area contributed by atoms with Crippen molar-refractivity contribution < 1.29 is 9.59 Å². The second-order valence-corrected chi connectivity index (χ2v) is 2.90. The molecule has 0 bridgehead atoms. The summed E-state index contributed by atoms with van der Waals surface area (Å²) in [5.41, 5.74) is 2.83. The molecule has 0 fully saturated rings. The third kappa shape index (κ3) is 2.56. The van der Waals surface area contributed by atoms with Gasteiger partial charge in [0.2, 0.25) is 0 Å². The molecule has 3 heteroatoms. The monoisotopic (exact) mass is 213 g/mol. The average Bonchev–Trinajstić information content (AvgIpc) is 2.31. The molecule has 0 saturated heterocycles. The maximum Gasteiger partial charge on any atom is 0.265 e. The third-order valence-corrected chi connectivity index (χ3v) is 1.86. The van der Waals surface area contributed by atoms with Gasteiger partial charge in [-0.2, -0.15) is 0 Å². The van der Waals surface area contributed by atoms with Crippen molar-refractivity contribution in [3.05, 3.63) is 61.4 Å². The largest absolute Gasteiger partial charge is 0.269 e. The molecule has 80 valence electrons. The zero-order valence-corrected chi connectivity index (χ0v) is 8.72. The number of rotatable bonds is 3. The molecule has 3 nitrogen and oxygen atoms in total. The second-order valence-electron chi connectivity index (χ2n) is 2.90. The molecule has 16 heavy (non-hydrogen) atoms. The van der Waals surface area contributed by atoms with E-state index < -0.39 is 11.8 Å². The predicted octanol–water partition coefficient (Wildman–Crippen LogP) is 2.07. The summed E-state index contributed by atoms with van der Waals surface area (Å²) in [6.45, 7) is 6.65. The third-order valence-electron chi connectivity index (χ3n) is 1.86. The van der Waals surface area contributed by atoms with Crippen LogP contribution in [0.15, 0.2) is 61.4 Å². The molecule has 2 amide bonds. The second kappa shape index (κ2) is 5.49. The van der Waals surface area contributed by atoms with Gasteiger partial charge in [-0.1, -0.05) is 31.4 Å². The number of para-hydroxylation sites is 1. The zero-order chi connectivity index (χ0) is 12.0. The fraction of sp³-hybridized carbons (Fsp3) is 0. The number of carbonyl (C=O) groups is 2. The lowest BCUT2D eigenvalue weighted by atomic mass is 10.2. The molecule has 0 aliphatic heterocycles. The lowest BCUT2D eigenvalue weighted by molar-refractivity contribution is -0.121. The highest BCUT2D eigenvalue weighted by Crippen LogP contribution is 2.14. The first-order valence-electron chi connectivity index (χ1n) is 4.62. The minimum Gasteiger partial charge on any atom is -0.269 e. The quantitative estimate of drug-likeness (QED) is 0.569. The van der Waals surface area contributed by atoms with E-state index in [0.717, 1.165) is 17.1 Å². The Kier molecular flexibility index (Phi) is 4.01. The molecular weight excluding hydrogens is 202 g/mol. The van der Waals surface area contributed by atoms with Crippen LogP contribution in [0.25, 0.3) is 0 Å². The molecule has 0 radical (unpaired) electrons. The van der Waals surface area contributed by atoms with Crippen LogP contribution in [0, 0.1) is 0 Å². The van der Waals surface area contributed by atoms with Crippen LogP contribution in [0.2, 0.25) is 0 Å². The number of benzene rings is 1. The molecule has 0 saturated carbocycles. The van der Waals surface area contributed by atoms with E-state index in [4.69, 9.17) is 0 Å². The summed E-state index contributed by atoms with van der Waals surface area (Å²) in [7, 11) is 0. The van der Waals surface area contributed by atoms with Crippen LogP contribution in [-0.4, -0.2) is 11.8 Å². The molecular formula is C13H11NO2. The van der Waals surface area contributed by atoms with Crippen molar-refractivity contribution in [3.63, 3.8) is 0 Å². The Bertz CT molecular complexity index is 456. The predicted molar refractivity (Wildman–Crippen MR) is 62.8 cm³/mol. The van der Waals surface area contributed by atoms with Crippen LogP contribution in [-0.2, 0) is 9.59 Å². The first-order valence-corrected chi connectivity index (χ1v) is 4.62. The van der Waals surface area contributed by atoms with Gasteiger partial charge in [-0.25, -0.2) is 4.90 Å². The standard InChI is InChI=1S/C13H11NO2/c1-3-8-13(16)14(12(15)4-2)11-9-6-5-7-10-11/h4-10H,1-2H2. The van der Waals surface area contributed by atoms with Crippen molar-refractivity contribution in [2.45, 2.75) is 0 Å². The van der Waals surface area contributed by atoms with Gasteiger partial charge in [0.05, 0.1) is 5.69 Å². The van der Waals surface area contributed by atoms with E-state index in [1.54, 1.807) is 30.3 Å². The van der Waals surface area contributed by atoms with E-state index in [1.165, 1.54) is 0 Å². The molecule has 1 aromatic rings. The normalized spacial score (nSPS) is 8.75. The Balaban J connectivity index is 3.16. The van der Waals surface area contributed by atoms with Gasteiger partial charge in [-0.3, -0.25) is 9.59 Å². The van der Waals surface area contributed by atoms with E-state index in [-0.39, 0.29) is 0 Å². The lowest BCUT2D eigenvalue weighted by Gasteiger charge is -2.16. The summed E-state index contributed by atoms with van der Waals surface area (Å²) in [5.74, 6) is -0.978. The van der Waals surface area contributed by atoms with Gasteiger partial charge < -0.3 is 0 Å². The van der Waals surface area contributed by atoms with Crippen LogP contribution < -0.4 is 4.90 Å². The average molecular weight is 213 g/mol. The van der Waals surface area contributed by atoms with E-state index in [2.05, 4.69) is 18.9 Å². The molecule has 1 rings (SSSR count). The van der Waals surface area contributed by atoms with Crippen LogP contribution in [0.1, 0.15) is 0 Å². The summed E-state index contributed by atoms with van der Waals surface area (Å²) >= 11 is 0. The van der Waals surface area contributed by atoms with Crippen molar-refractivity contribution in [1.29, 1.82) is 0 Å². The summed E-state index contributed by atoms with van der Waals surface area (Å²) in [5, 5.41) is 0. The Morgan fingerprint density at radius 1 is 1.19 bits per heavy atom. The molecule has 0 heterocycles. The molecule has 0 aliphatic rings. The van der Waals surface area contributed by atoms with Gasteiger partial charge in [0.15, 0.2) is 0 Å². The molecule has 0 unspecified atom stereocenters. The first kappa shape index (κ1) is 11.7. The Morgan fingerprint density at radius 3 is 2.31 bits per heavy atom. The molecule has 0 N–H and O–H groups in total. The molecule has 0 spiro atoms. The maximum absolute atomic E-state index is 11.6. The molecule has 0 aromatic heterocycles. The fourth-order valence-corrected chi connectivity index (χ4v) is 1.18. The summed E-state index contributed by atoms with van der Waals surface area (Å²) in [4.78, 5) is 24.2.